The van der Waals surface area contributed by atoms with E-state index in [2.05, 4.69) is 55.4 Å². The predicted octanol–water partition coefficient (Wildman–Crippen LogP) is 22.4. The lowest BCUT2D eigenvalue weighted by Gasteiger charge is -2.21. The molecule has 0 saturated carbocycles. The lowest BCUT2D eigenvalue weighted by molar-refractivity contribution is -0.161. The topological polar surface area (TPSA) is 237 Å². The van der Waals surface area contributed by atoms with E-state index in [0.717, 1.165) is 114 Å². The van der Waals surface area contributed by atoms with E-state index in [0.29, 0.717) is 31.6 Å². The lowest BCUT2D eigenvalue weighted by Crippen LogP contribution is -2.30. The molecule has 0 aromatic carbocycles. The molecule has 0 heterocycles. The minimum atomic E-state index is -4.96. The molecule has 0 aliphatic carbocycles. The fraction of sp³-hybridized carbons (Fsp3) is 0.948. The second-order valence-corrected chi connectivity index (χ2v) is 32.3. The van der Waals surface area contributed by atoms with Crippen molar-refractivity contribution in [3.63, 3.8) is 0 Å². The average molecular weight is 1410 g/mol. The van der Waals surface area contributed by atoms with Gasteiger partial charge in [0.05, 0.1) is 26.4 Å². The van der Waals surface area contributed by atoms with Crippen LogP contribution < -0.4 is 0 Å². The molecule has 0 aliphatic heterocycles. The van der Waals surface area contributed by atoms with E-state index in [9.17, 15) is 43.2 Å². The summed E-state index contributed by atoms with van der Waals surface area (Å²) in [5, 5.41) is 10.6. The number of carbonyl (C=O) groups is 4. The monoisotopic (exact) mass is 1410 g/mol. The van der Waals surface area contributed by atoms with Crippen LogP contribution in [0.2, 0.25) is 0 Å². The zero-order valence-corrected chi connectivity index (χ0v) is 64.8. The molecule has 6 atom stereocenters. The number of esters is 4. The molecule has 570 valence electrons. The third-order valence-corrected chi connectivity index (χ3v) is 20.1. The fourth-order valence-electron chi connectivity index (χ4n) is 11.7. The van der Waals surface area contributed by atoms with Gasteiger partial charge in [-0.25, -0.2) is 9.13 Å². The Bertz CT molecular complexity index is 1890. The maximum absolute atomic E-state index is 13.1. The molecule has 0 fully saturated rings. The van der Waals surface area contributed by atoms with Gasteiger partial charge in [0.2, 0.25) is 0 Å². The van der Waals surface area contributed by atoms with E-state index in [4.69, 9.17) is 37.0 Å². The highest BCUT2D eigenvalue weighted by Gasteiger charge is 2.30. The van der Waals surface area contributed by atoms with Crippen LogP contribution in [0.5, 0.6) is 0 Å². The number of carbonyl (C=O) groups excluding carboxylic acids is 4. The van der Waals surface area contributed by atoms with Crippen LogP contribution in [0.25, 0.3) is 0 Å². The molecule has 17 nitrogen and oxygen atoms in total. The lowest BCUT2D eigenvalue weighted by atomic mass is 10.00. The highest BCUT2D eigenvalue weighted by molar-refractivity contribution is 7.47. The largest absolute Gasteiger partial charge is 0.472 e. The van der Waals surface area contributed by atoms with Gasteiger partial charge in [0.1, 0.15) is 19.3 Å². The van der Waals surface area contributed by atoms with Gasteiger partial charge in [-0.05, 0) is 49.4 Å². The zero-order chi connectivity index (χ0) is 71.0. The second-order valence-electron chi connectivity index (χ2n) is 29.4. The summed E-state index contributed by atoms with van der Waals surface area (Å²) in [6.45, 7) is 14.1. The van der Waals surface area contributed by atoms with Crippen LogP contribution in [0.15, 0.2) is 0 Å². The molecule has 19 heteroatoms. The van der Waals surface area contributed by atoms with Crippen molar-refractivity contribution in [2.24, 2.45) is 23.7 Å². The Morgan fingerprint density at radius 3 is 0.740 bits per heavy atom. The third-order valence-electron chi connectivity index (χ3n) is 18.2. The van der Waals surface area contributed by atoms with Crippen molar-refractivity contribution < 1.29 is 80.2 Å². The average Bonchev–Trinajstić information content (AvgIpc) is 2.26. The highest BCUT2D eigenvalue weighted by atomic mass is 31.2. The number of phosphoric acid groups is 2. The summed E-state index contributed by atoms with van der Waals surface area (Å²) in [5.74, 6) is 0.884. The maximum Gasteiger partial charge on any atom is 0.472 e. The number of hydrogen-bond donors (Lipinski definition) is 3. The van der Waals surface area contributed by atoms with Crippen LogP contribution in [-0.4, -0.2) is 96.7 Å². The number of phosphoric ester groups is 2. The van der Waals surface area contributed by atoms with E-state index in [1.165, 1.54) is 186 Å². The van der Waals surface area contributed by atoms with Gasteiger partial charge < -0.3 is 33.8 Å². The van der Waals surface area contributed by atoms with Crippen LogP contribution in [0.4, 0.5) is 0 Å². The SMILES string of the molecule is CCC(C)CCCCCCCCC(=O)O[C@H](COC(=O)CCCCCCCCCCCCCCCCCCCCC(C)C)COP(=O)(O)OC[C@@H](O)COP(=O)(O)OC[C@@H](COC(=O)CCCCCCCCC(C)C)OC(=O)CCCCCCCCCCCCCCCC(C)C. The molecular formula is C77H150O17P2. The first-order valence-electron chi connectivity index (χ1n) is 39.7. The molecule has 0 spiro atoms. The molecule has 0 rings (SSSR count). The number of hydrogen-bond acceptors (Lipinski definition) is 15. The van der Waals surface area contributed by atoms with Crippen LogP contribution in [0, 0.1) is 23.7 Å². The minimum Gasteiger partial charge on any atom is -0.462 e. The molecule has 0 bridgehead atoms. The van der Waals surface area contributed by atoms with Gasteiger partial charge in [-0.1, -0.05) is 338 Å². The Morgan fingerprint density at radius 2 is 0.500 bits per heavy atom. The number of aliphatic hydroxyl groups excluding tert-OH is 1. The van der Waals surface area contributed by atoms with Crippen molar-refractivity contribution in [3.05, 3.63) is 0 Å². The first-order chi connectivity index (χ1) is 46.1. The Balaban J connectivity index is 5.13. The van der Waals surface area contributed by atoms with Crippen molar-refractivity contribution in [2.75, 3.05) is 39.6 Å². The van der Waals surface area contributed by atoms with Gasteiger partial charge in [0.25, 0.3) is 0 Å². The van der Waals surface area contributed by atoms with Gasteiger partial charge >= 0.3 is 39.5 Å². The summed E-state index contributed by atoms with van der Waals surface area (Å²) in [4.78, 5) is 72.7. The predicted molar refractivity (Wildman–Crippen MR) is 391 cm³/mol. The van der Waals surface area contributed by atoms with Crippen molar-refractivity contribution >= 4 is 39.5 Å². The molecule has 0 saturated heterocycles. The summed E-state index contributed by atoms with van der Waals surface area (Å²) in [6.07, 6.45) is 51.7. The minimum absolute atomic E-state index is 0.103. The first kappa shape index (κ1) is 94.1. The fourth-order valence-corrected chi connectivity index (χ4v) is 13.3. The van der Waals surface area contributed by atoms with E-state index >= 15 is 0 Å². The number of ether oxygens (including phenoxy) is 4. The molecule has 96 heavy (non-hydrogen) atoms. The molecule has 3 unspecified atom stereocenters. The first-order valence-corrected chi connectivity index (χ1v) is 42.7. The molecular weight excluding hydrogens is 1260 g/mol. The Hall–Kier alpha value is -1.94. The van der Waals surface area contributed by atoms with Gasteiger partial charge in [-0.15, -0.1) is 0 Å². The van der Waals surface area contributed by atoms with Crippen LogP contribution >= 0.6 is 15.6 Å². The van der Waals surface area contributed by atoms with Crippen LogP contribution in [0.1, 0.15) is 389 Å². The standard InChI is InChI=1S/C77H150O17P2/c1-9-70(8)56-48-40-34-36-44-52-60-77(82)94-73(63-87-74(79)57-49-41-31-27-23-19-15-13-11-10-12-14-17-21-25-29-37-45-53-67(2)3)66-92-96(85,86)90-62-71(78)61-89-95(83,84)91-65-72(64-88-75(80)58-50-42-35-33-39-47-55-69(6)7)93-76(81)59-51-43-32-28-24-20-16-18-22-26-30-38-46-54-68(4)5/h67-73,78H,9-66H2,1-8H3,(H,83,84)(H,85,86)/t70?,71-,72+,73+/m0/s1. The molecule has 0 amide bonds. The third kappa shape index (κ3) is 69.2. The summed E-state index contributed by atoms with van der Waals surface area (Å²) in [7, 11) is -9.91. The Kier molecular flexibility index (Phi) is 65.0. The van der Waals surface area contributed by atoms with E-state index < -0.39 is 97.5 Å². The molecule has 0 aliphatic rings. The molecule has 0 aromatic heterocycles. The summed E-state index contributed by atoms with van der Waals surface area (Å²) in [5.41, 5.74) is 0. The number of rotatable bonds is 74. The van der Waals surface area contributed by atoms with E-state index in [1.54, 1.807) is 0 Å². The molecule has 0 radical (unpaired) electrons. The van der Waals surface area contributed by atoms with Crippen molar-refractivity contribution in [1.82, 2.24) is 0 Å². The summed E-state index contributed by atoms with van der Waals surface area (Å²) < 4.78 is 68.5. The van der Waals surface area contributed by atoms with Gasteiger partial charge in [-0.3, -0.25) is 37.3 Å². The summed E-state index contributed by atoms with van der Waals surface area (Å²) >= 11 is 0. The Labute approximate surface area is 588 Å². The quantitative estimate of drug-likeness (QED) is 0.0222. The van der Waals surface area contributed by atoms with Crippen LogP contribution in [0.3, 0.4) is 0 Å². The van der Waals surface area contributed by atoms with Crippen molar-refractivity contribution in [2.45, 2.75) is 408 Å². The number of aliphatic hydroxyl groups is 1. The zero-order valence-electron chi connectivity index (χ0n) is 63.0. The maximum atomic E-state index is 13.1. The molecule has 0 aromatic rings. The van der Waals surface area contributed by atoms with Gasteiger partial charge in [0.15, 0.2) is 12.2 Å². The Morgan fingerprint density at radius 1 is 0.292 bits per heavy atom. The second kappa shape index (κ2) is 66.3. The van der Waals surface area contributed by atoms with Gasteiger partial charge in [0, 0.05) is 25.7 Å². The smallest absolute Gasteiger partial charge is 0.462 e. The summed E-state index contributed by atoms with van der Waals surface area (Å²) in [6, 6.07) is 0. The number of unbranched alkanes of at least 4 members (excludes halogenated alkanes) is 39. The van der Waals surface area contributed by atoms with Crippen molar-refractivity contribution in [1.29, 1.82) is 0 Å². The van der Waals surface area contributed by atoms with Crippen molar-refractivity contribution in [3.8, 4) is 0 Å². The highest BCUT2D eigenvalue weighted by Crippen LogP contribution is 2.45. The van der Waals surface area contributed by atoms with E-state index in [-0.39, 0.29) is 25.7 Å². The van der Waals surface area contributed by atoms with Crippen LogP contribution in [-0.2, 0) is 65.4 Å². The van der Waals surface area contributed by atoms with Gasteiger partial charge in [-0.2, -0.15) is 0 Å². The molecule has 3 N–H and O–H groups in total. The van der Waals surface area contributed by atoms with E-state index in [1.807, 2.05) is 0 Å². The normalized spacial score (nSPS) is 14.4.